The normalized spacial score (nSPS) is 27.1. The van der Waals surface area contributed by atoms with Crippen molar-refractivity contribution in [2.45, 2.75) is 32.4 Å². The predicted molar refractivity (Wildman–Crippen MR) is 90.0 cm³/mol. The van der Waals surface area contributed by atoms with Crippen LogP contribution in [-0.2, 0) is 4.74 Å². The molecular formula is C17H26F2N4O3. The van der Waals surface area contributed by atoms with Crippen LogP contribution in [0, 0.1) is 5.41 Å². The third-order valence-corrected chi connectivity index (χ3v) is 5.54. The zero-order valence-electron chi connectivity index (χ0n) is 15.2. The Hall–Kier alpha value is -1.58. The van der Waals surface area contributed by atoms with Crippen LogP contribution < -0.4 is 0 Å². The second kappa shape index (κ2) is 7.21. The topological polar surface area (TPSA) is 70.8 Å². The molecule has 1 atom stereocenters. The summed E-state index contributed by atoms with van der Waals surface area (Å²) in [5, 5.41) is 14.9. The number of nitrogens with zero attached hydrogens (tertiary/aromatic N) is 4. The number of aliphatic hydroxyl groups is 1. The molecule has 0 radical (unpaired) electrons. The second-order valence-corrected chi connectivity index (χ2v) is 7.74. The van der Waals surface area contributed by atoms with Crippen molar-refractivity contribution in [1.82, 2.24) is 19.6 Å². The molecule has 7 nitrogen and oxygen atoms in total. The Morgan fingerprint density at radius 1 is 1.35 bits per heavy atom. The number of β-amino-alcohol motifs (C(OH)–C–C–N with tert-alkyl or cyclic N) is 1. The van der Waals surface area contributed by atoms with Gasteiger partial charge in [-0.05, 0) is 12.5 Å². The first-order valence-corrected chi connectivity index (χ1v) is 8.87. The first-order chi connectivity index (χ1) is 12.2. The zero-order chi connectivity index (χ0) is 18.9. The van der Waals surface area contributed by atoms with E-state index in [2.05, 4.69) is 10.00 Å². The van der Waals surface area contributed by atoms with E-state index in [9.17, 15) is 18.7 Å². The molecule has 26 heavy (non-hydrogen) atoms. The van der Waals surface area contributed by atoms with Gasteiger partial charge >= 0.3 is 6.55 Å². The number of carbonyl (C=O) groups excluding carboxylic acids is 1. The molecule has 2 fully saturated rings. The van der Waals surface area contributed by atoms with Gasteiger partial charge in [0.25, 0.3) is 5.91 Å². The Balaban J connectivity index is 1.67. The number of amides is 1. The summed E-state index contributed by atoms with van der Waals surface area (Å²) in [7, 11) is 0. The number of hydrogen-bond acceptors (Lipinski definition) is 5. The first-order valence-electron chi connectivity index (χ1n) is 8.87. The molecule has 2 saturated heterocycles. The minimum Gasteiger partial charge on any atom is -0.388 e. The van der Waals surface area contributed by atoms with Crippen LogP contribution in [0.1, 0.15) is 37.3 Å². The van der Waals surface area contributed by atoms with E-state index in [0.717, 1.165) is 19.3 Å². The molecule has 1 aromatic rings. The monoisotopic (exact) mass is 372 g/mol. The standard InChI is InChI=1S/C17H26F2N4O3/c1-16(2)11-22(14(24)13-3-5-23(20-13)15(18)19)6-4-17(16,25)12-21-7-9-26-10-8-21/h3,5,15,25H,4,6-12H2,1-2H3/t17-/m0/s1. The van der Waals surface area contributed by atoms with E-state index in [0.29, 0.717) is 44.0 Å². The molecule has 3 rings (SSSR count). The van der Waals surface area contributed by atoms with Gasteiger partial charge in [0.1, 0.15) is 0 Å². The van der Waals surface area contributed by atoms with Crippen molar-refractivity contribution in [3.05, 3.63) is 18.0 Å². The van der Waals surface area contributed by atoms with E-state index in [-0.39, 0.29) is 11.6 Å². The fraction of sp³-hybridized carbons (Fsp3) is 0.765. The van der Waals surface area contributed by atoms with Crippen molar-refractivity contribution < 1.29 is 23.4 Å². The SMILES string of the molecule is CC1(C)CN(C(=O)c2ccn(C(F)F)n2)CC[C@]1(O)CN1CCOCC1. The summed E-state index contributed by atoms with van der Waals surface area (Å²) in [6.45, 7) is 5.23. The van der Waals surface area contributed by atoms with E-state index < -0.39 is 17.6 Å². The van der Waals surface area contributed by atoms with Crippen LogP contribution >= 0.6 is 0 Å². The fourth-order valence-corrected chi connectivity index (χ4v) is 3.68. The molecule has 146 valence electrons. The number of likely N-dealkylation sites (tertiary alicyclic amines) is 1. The van der Waals surface area contributed by atoms with Gasteiger partial charge in [-0.15, -0.1) is 0 Å². The number of ether oxygens (including phenoxy) is 1. The molecule has 0 aromatic carbocycles. The highest BCUT2D eigenvalue weighted by Crippen LogP contribution is 2.39. The molecule has 0 spiro atoms. The van der Waals surface area contributed by atoms with Gasteiger partial charge < -0.3 is 14.7 Å². The summed E-state index contributed by atoms with van der Waals surface area (Å²) in [4.78, 5) is 16.4. The van der Waals surface area contributed by atoms with Crippen molar-refractivity contribution in [2.24, 2.45) is 5.41 Å². The average molecular weight is 372 g/mol. The molecule has 0 bridgehead atoms. The van der Waals surface area contributed by atoms with E-state index in [1.54, 1.807) is 4.90 Å². The Labute approximate surface area is 151 Å². The Morgan fingerprint density at radius 2 is 2.04 bits per heavy atom. The molecular weight excluding hydrogens is 346 g/mol. The quantitative estimate of drug-likeness (QED) is 0.860. The molecule has 2 aliphatic heterocycles. The maximum atomic E-state index is 12.7. The van der Waals surface area contributed by atoms with Gasteiger partial charge in [0, 0.05) is 44.3 Å². The Bertz CT molecular complexity index is 646. The number of alkyl halides is 2. The van der Waals surface area contributed by atoms with Gasteiger partial charge in [-0.25, -0.2) is 4.68 Å². The summed E-state index contributed by atoms with van der Waals surface area (Å²) >= 11 is 0. The van der Waals surface area contributed by atoms with Gasteiger partial charge in [-0.2, -0.15) is 13.9 Å². The van der Waals surface area contributed by atoms with Crippen molar-refractivity contribution in [1.29, 1.82) is 0 Å². The molecule has 1 amide bonds. The molecule has 0 saturated carbocycles. The smallest absolute Gasteiger partial charge is 0.333 e. The van der Waals surface area contributed by atoms with Crippen LogP contribution in [0.5, 0.6) is 0 Å². The molecule has 1 aromatic heterocycles. The lowest BCUT2D eigenvalue weighted by Gasteiger charge is -2.52. The van der Waals surface area contributed by atoms with E-state index >= 15 is 0 Å². The van der Waals surface area contributed by atoms with Crippen LogP contribution in [0.3, 0.4) is 0 Å². The molecule has 9 heteroatoms. The van der Waals surface area contributed by atoms with E-state index in [1.807, 2.05) is 13.8 Å². The van der Waals surface area contributed by atoms with Gasteiger partial charge in [0.05, 0.1) is 18.8 Å². The number of morpholine rings is 1. The van der Waals surface area contributed by atoms with Gasteiger partial charge in [-0.1, -0.05) is 13.8 Å². The van der Waals surface area contributed by atoms with Gasteiger partial charge in [0.2, 0.25) is 0 Å². The summed E-state index contributed by atoms with van der Waals surface area (Å²) in [5.74, 6) is -0.383. The third kappa shape index (κ3) is 3.74. The summed E-state index contributed by atoms with van der Waals surface area (Å²) in [6.07, 6.45) is 1.53. The van der Waals surface area contributed by atoms with Crippen molar-refractivity contribution in [3.63, 3.8) is 0 Å². The summed E-state index contributed by atoms with van der Waals surface area (Å²) < 4.78 is 31.1. The minimum atomic E-state index is -2.77. The number of piperidine rings is 1. The number of halogens is 2. The van der Waals surface area contributed by atoms with Gasteiger partial charge in [0.15, 0.2) is 5.69 Å². The first kappa shape index (κ1) is 19.2. The highest BCUT2D eigenvalue weighted by Gasteiger charge is 2.49. The molecule has 3 heterocycles. The highest BCUT2D eigenvalue weighted by molar-refractivity contribution is 5.92. The van der Waals surface area contributed by atoms with Crippen molar-refractivity contribution in [2.75, 3.05) is 45.9 Å². The molecule has 0 unspecified atom stereocenters. The second-order valence-electron chi connectivity index (χ2n) is 7.74. The van der Waals surface area contributed by atoms with E-state index in [1.165, 1.54) is 6.07 Å². The Kier molecular flexibility index (Phi) is 5.32. The van der Waals surface area contributed by atoms with Crippen LogP contribution in [0.4, 0.5) is 8.78 Å². The van der Waals surface area contributed by atoms with Gasteiger partial charge in [-0.3, -0.25) is 9.69 Å². The number of rotatable bonds is 4. The maximum absolute atomic E-state index is 12.7. The summed E-state index contributed by atoms with van der Waals surface area (Å²) in [6, 6.07) is 1.30. The molecule has 2 aliphatic rings. The fourth-order valence-electron chi connectivity index (χ4n) is 3.68. The lowest BCUT2D eigenvalue weighted by molar-refractivity contribution is -0.133. The Morgan fingerprint density at radius 3 is 2.62 bits per heavy atom. The predicted octanol–water partition coefficient (Wildman–Crippen LogP) is 1.21. The zero-order valence-corrected chi connectivity index (χ0v) is 15.2. The van der Waals surface area contributed by atoms with Crippen molar-refractivity contribution >= 4 is 5.91 Å². The van der Waals surface area contributed by atoms with Crippen molar-refractivity contribution in [3.8, 4) is 0 Å². The highest BCUT2D eigenvalue weighted by atomic mass is 19.3. The lowest BCUT2D eigenvalue weighted by atomic mass is 9.69. The molecule has 0 aliphatic carbocycles. The molecule has 1 N–H and O–H groups in total. The number of hydrogen-bond donors (Lipinski definition) is 1. The van der Waals surface area contributed by atoms with Crippen LogP contribution in [0.15, 0.2) is 12.3 Å². The van der Waals surface area contributed by atoms with Crippen LogP contribution in [0.25, 0.3) is 0 Å². The summed E-state index contributed by atoms with van der Waals surface area (Å²) in [5.41, 5.74) is -1.46. The van der Waals surface area contributed by atoms with Crippen LogP contribution in [-0.4, -0.2) is 82.1 Å². The third-order valence-electron chi connectivity index (χ3n) is 5.54. The average Bonchev–Trinajstić information content (AvgIpc) is 3.08. The largest absolute Gasteiger partial charge is 0.388 e. The lowest BCUT2D eigenvalue weighted by Crippen LogP contribution is -2.63. The van der Waals surface area contributed by atoms with E-state index in [4.69, 9.17) is 4.74 Å². The number of aromatic nitrogens is 2. The van der Waals surface area contributed by atoms with Crippen LogP contribution in [0.2, 0.25) is 0 Å². The number of carbonyl (C=O) groups is 1. The minimum absolute atomic E-state index is 0.000260. The maximum Gasteiger partial charge on any atom is 0.333 e.